The molecule has 0 saturated heterocycles. The van der Waals surface area contributed by atoms with Gasteiger partial charge in [-0.25, -0.2) is 9.48 Å². The van der Waals surface area contributed by atoms with E-state index < -0.39 is 12.1 Å². The van der Waals surface area contributed by atoms with Crippen LogP contribution in [0.15, 0.2) is 54.7 Å². The van der Waals surface area contributed by atoms with E-state index in [-0.39, 0.29) is 30.8 Å². The molecule has 1 unspecified atom stereocenters. The topological polar surface area (TPSA) is 115 Å². The maximum atomic E-state index is 12.6. The summed E-state index contributed by atoms with van der Waals surface area (Å²) in [4.78, 5) is 36.0. The smallest absolute Gasteiger partial charge is 0.339 e. The number of halogens is 1. The Hall–Kier alpha value is -3.72. The van der Waals surface area contributed by atoms with Crippen molar-refractivity contribution in [2.24, 2.45) is 0 Å². The van der Waals surface area contributed by atoms with Gasteiger partial charge in [0.1, 0.15) is 11.6 Å². The molecule has 3 aromatic rings. The van der Waals surface area contributed by atoms with Gasteiger partial charge in [0, 0.05) is 13.0 Å². The van der Waals surface area contributed by atoms with Gasteiger partial charge in [-0.1, -0.05) is 35.5 Å². The fourth-order valence-corrected chi connectivity index (χ4v) is 3.43. The van der Waals surface area contributed by atoms with Gasteiger partial charge in [-0.15, -0.1) is 16.7 Å². The molecule has 164 valence electrons. The van der Waals surface area contributed by atoms with Gasteiger partial charge in [0.25, 0.3) is 5.91 Å². The fourth-order valence-electron chi connectivity index (χ4n) is 3.33. The fraction of sp³-hybridized carbons (Fsp3) is 0.227. The molecule has 2 heterocycles. The number of nitrogens with one attached hydrogen (secondary N) is 2. The van der Waals surface area contributed by atoms with Gasteiger partial charge in [0.05, 0.1) is 24.0 Å². The van der Waals surface area contributed by atoms with Gasteiger partial charge in [-0.2, -0.15) is 0 Å². The molecule has 0 fully saturated rings. The predicted molar refractivity (Wildman–Crippen MR) is 115 cm³/mol. The number of ether oxygens (including phenoxy) is 1. The molecule has 1 atom stereocenters. The maximum absolute atomic E-state index is 12.6. The standard InChI is InChI=1S/C22H20ClN5O4/c23-10-20(29)24-12-16-13-28(27-26-16)17-6-3-4-14(8-17)11-25-21(30)19-9-15-5-1-2-7-18(15)22(31)32-19/h1-8,13,19H,9-12H2,(H,24,29)(H,25,30). The minimum atomic E-state index is -0.860. The summed E-state index contributed by atoms with van der Waals surface area (Å²) in [5, 5.41) is 13.5. The van der Waals surface area contributed by atoms with Gasteiger partial charge < -0.3 is 15.4 Å². The summed E-state index contributed by atoms with van der Waals surface area (Å²) in [5.41, 5.74) is 3.47. The first-order valence-electron chi connectivity index (χ1n) is 9.93. The molecular weight excluding hydrogens is 434 g/mol. The molecule has 0 bridgehead atoms. The summed E-state index contributed by atoms with van der Waals surface area (Å²) in [5.74, 6) is -1.24. The summed E-state index contributed by atoms with van der Waals surface area (Å²) < 4.78 is 6.87. The van der Waals surface area contributed by atoms with Crippen LogP contribution in [0.3, 0.4) is 0 Å². The van der Waals surface area contributed by atoms with Crippen LogP contribution in [-0.4, -0.2) is 44.8 Å². The molecule has 32 heavy (non-hydrogen) atoms. The Balaban J connectivity index is 1.37. The maximum Gasteiger partial charge on any atom is 0.339 e. The summed E-state index contributed by atoms with van der Waals surface area (Å²) in [6.45, 7) is 0.486. The van der Waals surface area contributed by atoms with E-state index in [4.69, 9.17) is 16.3 Å². The second-order valence-corrected chi connectivity index (χ2v) is 7.47. The van der Waals surface area contributed by atoms with E-state index in [2.05, 4.69) is 20.9 Å². The molecule has 4 rings (SSSR count). The van der Waals surface area contributed by atoms with Crippen molar-refractivity contribution in [1.29, 1.82) is 0 Å². The average molecular weight is 454 g/mol. The molecule has 0 aliphatic carbocycles. The Morgan fingerprint density at radius 3 is 2.81 bits per heavy atom. The van der Waals surface area contributed by atoms with Crippen molar-refractivity contribution in [2.45, 2.75) is 25.6 Å². The summed E-state index contributed by atoms with van der Waals surface area (Å²) in [6, 6.07) is 14.5. The third-order valence-electron chi connectivity index (χ3n) is 4.96. The van der Waals surface area contributed by atoms with E-state index in [1.165, 1.54) is 0 Å². The van der Waals surface area contributed by atoms with Gasteiger partial charge in [0.15, 0.2) is 6.10 Å². The average Bonchev–Trinajstić information content (AvgIpc) is 3.30. The van der Waals surface area contributed by atoms with Crippen LogP contribution < -0.4 is 10.6 Å². The highest BCUT2D eigenvalue weighted by Gasteiger charge is 2.30. The van der Waals surface area contributed by atoms with E-state index in [1.54, 1.807) is 23.0 Å². The van der Waals surface area contributed by atoms with Crippen molar-refractivity contribution in [1.82, 2.24) is 25.6 Å². The zero-order chi connectivity index (χ0) is 22.5. The van der Waals surface area contributed by atoms with Crippen molar-refractivity contribution in [2.75, 3.05) is 5.88 Å². The van der Waals surface area contributed by atoms with E-state index in [0.717, 1.165) is 16.8 Å². The Kier molecular flexibility index (Phi) is 6.46. The molecule has 2 N–H and O–H groups in total. The monoisotopic (exact) mass is 453 g/mol. The number of benzene rings is 2. The number of cyclic esters (lactones) is 1. The zero-order valence-electron chi connectivity index (χ0n) is 17.0. The summed E-state index contributed by atoms with van der Waals surface area (Å²) in [7, 11) is 0. The Morgan fingerprint density at radius 2 is 1.97 bits per heavy atom. The first-order valence-corrected chi connectivity index (χ1v) is 10.5. The number of carbonyl (C=O) groups excluding carboxylic acids is 3. The lowest BCUT2D eigenvalue weighted by Gasteiger charge is -2.23. The normalized spacial score (nSPS) is 14.9. The van der Waals surface area contributed by atoms with Gasteiger partial charge in [-0.3, -0.25) is 9.59 Å². The van der Waals surface area contributed by atoms with Crippen LogP contribution in [0, 0.1) is 0 Å². The number of amides is 2. The van der Waals surface area contributed by atoms with E-state index in [9.17, 15) is 14.4 Å². The zero-order valence-corrected chi connectivity index (χ0v) is 17.7. The van der Waals surface area contributed by atoms with Crippen LogP contribution in [0.5, 0.6) is 0 Å². The van der Waals surface area contributed by atoms with Crippen LogP contribution in [0.2, 0.25) is 0 Å². The van der Waals surface area contributed by atoms with E-state index in [1.807, 2.05) is 36.4 Å². The number of alkyl halides is 1. The van der Waals surface area contributed by atoms with Crippen molar-refractivity contribution < 1.29 is 19.1 Å². The number of fused-ring (bicyclic) bond motifs is 1. The van der Waals surface area contributed by atoms with Crippen molar-refractivity contribution in [3.63, 3.8) is 0 Å². The molecule has 9 nitrogen and oxygen atoms in total. The molecule has 1 aromatic heterocycles. The molecule has 0 saturated carbocycles. The van der Waals surface area contributed by atoms with Gasteiger partial charge >= 0.3 is 5.97 Å². The number of nitrogens with zero attached hydrogens (tertiary/aromatic N) is 3. The van der Waals surface area contributed by atoms with Gasteiger partial charge in [0.2, 0.25) is 5.91 Å². The lowest BCUT2D eigenvalue weighted by Crippen LogP contribution is -2.41. The predicted octanol–water partition coefficient (Wildman–Crippen LogP) is 1.52. The Morgan fingerprint density at radius 1 is 1.12 bits per heavy atom. The minimum Gasteiger partial charge on any atom is -0.448 e. The minimum absolute atomic E-state index is 0.117. The lowest BCUT2D eigenvalue weighted by molar-refractivity contribution is -0.130. The largest absolute Gasteiger partial charge is 0.448 e. The quantitative estimate of drug-likeness (QED) is 0.414. The highest BCUT2D eigenvalue weighted by atomic mass is 35.5. The highest BCUT2D eigenvalue weighted by Crippen LogP contribution is 2.20. The second-order valence-electron chi connectivity index (χ2n) is 7.21. The number of esters is 1. The van der Waals surface area contributed by atoms with Crippen LogP contribution in [-0.2, 0) is 33.8 Å². The number of hydrogen-bond donors (Lipinski definition) is 2. The van der Waals surface area contributed by atoms with Crippen molar-refractivity contribution in [3.05, 3.63) is 77.1 Å². The number of rotatable bonds is 7. The third-order valence-corrected chi connectivity index (χ3v) is 5.20. The molecule has 2 amide bonds. The second kappa shape index (κ2) is 9.61. The molecule has 2 aromatic carbocycles. The summed E-state index contributed by atoms with van der Waals surface area (Å²) >= 11 is 5.46. The van der Waals surface area contributed by atoms with Gasteiger partial charge in [-0.05, 0) is 29.3 Å². The van der Waals surface area contributed by atoms with Crippen molar-refractivity contribution >= 4 is 29.4 Å². The van der Waals surface area contributed by atoms with Crippen molar-refractivity contribution in [3.8, 4) is 5.69 Å². The first kappa shape index (κ1) is 21.5. The number of aromatic nitrogens is 3. The van der Waals surface area contributed by atoms with E-state index >= 15 is 0 Å². The lowest BCUT2D eigenvalue weighted by atomic mass is 9.98. The molecular formula is C22H20ClN5O4. The van der Waals surface area contributed by atoms with Crippen LogP contribution in [0.25, 0.3) is 5.69 Å². The van der Waals surface area contributed by atoms with Crippen LogP contribution in [0.1, 0.15) is 27.2 Å². The summed E-state index contributed by atoms with van der Waals surface area (Å²) in [6.07, 6.45) is 1.18. The Labute approximate surface area is 188 Å². The van der Waals surface area contributed by atoms with Crippen LogP contribution in [0.4, 0.5) is 0 Å². The molecule has 1 aliphatic rings. The highest BCUT2D eigenvalue weighted by molar-refractivity contribution is 6.27. The van der Waals surface area contributed by atoms with Crippen LogP contribution >= 0.6 is 11.6 Å². The molecule has 0 radical (unpaired) electrons. The first-order chi connectivity index (χ1) is 15.5. The molecule has 10 heteroatoms. The molecule has 1 aliphatic heterocycles. The SMILES string of the molecule is O=C(CCl)NCc1cn(-c2cccc(CNC(=O)C3Cc4ccccc4C(=O)O3)c2)nn1. The third kappa shape index (κ3) is 4.94. The van der Waals surface area contributed by atoms with E-state index in [0.29, 0.717) is 17.7 Å². The Bertz CT molecular complexity index is 1160. The molecule has 0 spiro atoms. The number of carbonyl (C=O) groups is 3. The number of hydrogen-bond acceptors (Lipinski definition) is 6.